The molecule has 0 amide bonds. The van der Waals surface area contributed by atoms with Gasteiger partial charge in [-0.25, -0.2) is 0 Å². The Hall–Kier alpha value is -1.32. The number of carboxylic acids is 1. The first kappa shape index (κ1) is 22.7. The summed E-state index contributed by atoms with van der Waals surface area (Å²) in [6.45, 7) is 3.67. The number of unbranched alkanes of at least 4 members (excludes halogenated alkanes) is 9. The standard InChI is InChI=1S/C20H36O4/c1-3-4-5-6-7-8-9-12-15-19(24-18(2)21)16-13-10-11-14-17-20(22)23/h12,15,19H,3-11,13-14,16-17H2,1-2H3,(H,22,23)/b15-12-. The Labute approximate surface area is 147 Å². The first-order valence-corrected chi connectivity index (χ1v) is 9.62. The molecule has 4 heteroatoms. The lowest BCUT2D eigenvalue weighted by molar-refractivity contribution is -0.144. The third-order valence-corrected chi connectivity index (χ3v) is 4.02. The number of allylic oxidation sites excluding steroid dienone is 1. The molecule has 24 heavy (non-hydrogen) atoms. The number of esters is 1. The van der Waals surface area contributed by atoms with E-state index in [9.17, 15) is 9.59 Å². The van der Waals surface area contributed by atoms with E-state index in [0.717, 1.165) is 38.5 Å². The molecular weight excluding hydrogens is 304 g/mol. The molecular formula is C20H36O4. The minimum absolute atomic E-state index is 0.137. The van der Waals surface area contributed by atoms with E-state index in [-0.39, 0.29) is 18.5 Å². The van der Waals surface area contributed by atoms with Crippen LogP contribution in [0.2, 0.25) is 0 Å². The Morgan fingerprint density at radius 2 is 1.58 bits per heavy atom. The summed E-state index contributed by atoms with van der Waals surface area (Å²) in [4.78, 5) is 21.6. The molecule has 0 aliphatic carbocycles. The first-order valence-electron chi connectivity index (χ1n) is 9.62. The van der Waals surface area contributed by atoms with Gasteiger partial charge in [-0.3, -0.25) is 9.59 Å². The van der Waals surface area contributed by atoms with Crippen molar-refractivity contribution in [1.82, 2.24) is 0 Å². The lowest BCUT2D eigenvalue weighted by Gasteiger charge is -2.13. The van der Waals surface area contributed by atoms with Gasteiger partial charge in [-0.15, -0.1) is 0 Å². The zero-order valence-corrected chi connectivity index (χ0v) is 15.6. The van der Waals surface area contributed by atoms with Crippen molar-refractivity contribution in [1.29, 1.82) is 0 Å². The van der Waals surface area contributed by atoms with E-state index in [1.54, 1.807) is 0 Å². The molecule has 140 valence electrons. The second-order valence-electron chi connectivity index (χ2n) is 6.48. The molecule has 0 bridgehead atoms. The zero-order valence-electron chi connectivity index (χ0n) is 15.6. The number of carboxylic acid groups (broad SMARTS) is 1. The van der Waals surface area contributed by atoms with Crippen LogP contribution in [0, 0.1) is 0 Å². The van der Waals surface area contributed by atoms with Gasteiger partial charge in [-0.1, -0.05) is 57.9 Å². The molecule has 0 fully saturated rings. The van der Waals surface area contributed by atoms with Crippen molar-refractivity contribution in [2.45, 2.75) is 103 Å². The molecule has 1 unspecified atom stereocenters. The highest BCUT2D eigenvalue weighted by Crippen LogP contribution is 2.12. The van der Waals surface area contributed by atoms with Crippen LogP contribution in [0.25, 0.3) is 0 Å². The molecule has 0 aliphatic rings. The quantitative estimate of drug-likeness (QED) is 0.224. The second kappa shape index (κ2) is 16.5. The average Bonchev–Trinajstić information content (AvgIpc) is 2.52. The van der Waals surface area contributed by atoms with E-state index in [0.29, 0.717) is 0 Å². The fraction of sp³-hybridized carbons (Fsp3) is 0.800. The summed E-state index contributed by atoms with van der Waals surface area (Å²) in [5, 5.41) is 8.59. The Morgan fingerprint density at radius 3 is 2.25 bits per heavy atom. The predicted molar refractivity (Wildman–Crippen MR) is 98.0 cm³/mol. The summed E-state index contributed by atoms with van der Waals surface area (Å²) in [5.41, 5.74) is 0. The van der Waals surface area contributed by atoms with Crippen molar-refractivity contribution >= 4 is 11.9 Å². The highest BCUT2D eigenvalue weighted by molar-refractivity contribution is 5.66. The van der Waals surface area contributed by atoms with Crippen LogP contribution in [0.1, 0.15) is 97.3 Å². The maximum atomic E-state index is 11.2. The average molecular weight is 341 g/mol. The Kier molecular flexibility index (Phi) is 15.6. The Morgan fingerprint density at radius 1 is 0.958 bits per heavy atom. The summed E-state index contributed by atoms with van der Waals surface area (Å²) in [5.74, 6) is -0.972. The van der Waals surface area contributed by atoms with Crippen molar-refractivity contribution in [3.05, 3.63) is 12.2 Å². The van der Waals surface area contributed by atoms with Gasteiger partial charge in [0.05, 0.1) is 0 Å². The van der Waals surface area contributed by atoms with E-state index in [1.165, 1.54) is 45.4 Å². The van der Waals surface area contributed by atoms with Crippen molar-refractivity contribution in [3.8, 4) is 0 Å². The molecule has 0 aromatic carbocycles. The van der Waals surface area contributed by atoms with E-state index in [1.807, 2.05) is 6.08 Å². The molecule has 1 N–H and O–H groups in total. The fourth-order valence-electron chi connectivity index (χ4n) is 2.67. The molecule has 0 saturated heterocycles. The Bertz CT molecular complexity index is 350. The lowest BCUT2D eigenvalue weighted by atomic mass is 10.1. The number of rotatable bonds is 16. The molecule has 0 radical (unpaired) electrons. The summed E-state index contributed by atoms with van der Waals surface area (Å²) in [6.07, 6.45) is 17.4. The number of hydrogen-bond acceptors (Lipinski definition) is 3. The molecule has 0 aromatic heterocycles. The number of carbonyl (C=O) groups excluding carboxylic acids is 1. The van der Waals surface area contributed by atoms with Gasteiger partial charge in [0.1, 0.15) is 6.10 Å². The normalized spacial score (nSPS) is 12.4. The number of hydrogen-bond donors (Lipinski definition) is 1. The maximum absolute atomic E-state index is 11.2. The molecule has 0 spiro atoms. The monoisotopic (exact) mass is 340 g/mol. The van der Waals surface area contributed by atoms with Crippen LogP contribution in [0.5, 0.6) is 0 Å². The van der Waals surface area contributed by atoms with E-state index in [2.05, 4.69) is 13.0 Å². The van der Waals surface area contributed by atoms with Crippen LogP contribution in [-0.4, -0.2) is 23.1 Å². The van der Waals surface area contributed by atoms with E-state index >= 15 is 0 Å². The third-order valence-electron chi connectivity index (χ3n) is 4.02. The van der Waals surface area contributed by atoms with E-state index in [4.69, 9.17) is 9.84 Å². The van der Waals surface area contributed by atoms with Crippen molar-refractivity contribution in [2.75, 3.05) is 0 Å². The molecule has 4 nitrogen and oxygen atoms in total. The van der Waals surface area contributed by atoms with Crippen LogP contribution in [0.3, 0.4) is 0 Å². The molecule has 0 aromatic rings. The van der Waals surface area contributed by atoms with Crippen molar-refractivity contribution in [3.63, 3.8) is 0 Å². The summed E-state index contributed by atoms with van der Waals surface area (Å²) >= 11 is 0. The molecule has 0 saturated carbocycles. The first-order chi connectivity index (χ1) is 11.6. The topological polar surface area (TPSA) is 63.6 Å². The van der Waals surface area contributed by atoms with Crippen molar-refractivity contribution in [2.24, 2.45) is 0 Å². The van der Waals surface area contributed by atoms with Gasteiger partial charge < -0.3 is 9.84 Å². The number of ether oxygens (including phenoxy) is 1. The third kappa shape index (κ3) is 17.0. The minimum atomic E-state index is -0.731. The smallest absolute Gasteiger partial charge is 0.303 e. The maximum Gasteiger partial charge on any atom is 0.303 e. The number of aliphatic carboxylic acids is 1. The highest BCUT2D eigenvalue weighted by Gasteiger charge is 2.08. The number of carbonyl (C=O) groups is 2. The van der Waals surface area contributed by atoms with Gasteiger partial charge in [0, 0.05) is 13.3 Å². The van der Waals surface area contributed by atoms with Crippen LogP contribution in [0.4, 0.5) is 0 Å². The molecule has 0 heterocycles. The molecule has 0 aliphatic heterocycles. The van der Waals surface area contributed by atoms with Gasteiger partial charge in [-0.05, 0) is 38.2 Å². The summed E-state index contributed by atoms with van der Waals surface area (Å²) < 4.78 is 5.33. The van der Waals surface area contributed by atoms with Gasteiger partial charge >= 0.3 is 11.9 Å². The van der Waals surface area contributed by atoms with Crippen LogP contribution < -0.4 is 0 Å². The summed E-state index contributed by atoms with van der Waals surface area (Å²) in [7, 11) is 0. The molecule has 1 atom stereocenters. The lowest BCUT2D eigenvalue weighted by Crippen LogP contribution is -2.13. The zero-order chi connectivity index (χ0) is 18.0. The van der Waals surface area contributed by atoms with E-state index < -0.39 is 5.97 Å². The van der Waals surface area contributed by atoms with Gasteiger partial charge in [-0.2, -0.15) is 0 Å². The van der Waals surface area contributed by atoms with Crippen LogP contribution in [-0.2, 0) is 14.3 Å². The highest BCUT2D eigenvalue weighted by atomic mass is 16.5. The minimum Gasteiger partial charge on any atom is -0.481 e. The fourth-order valence-corrected chi connectivity index (χ4v) is 2.67. The van der Waals surface area contributed by atoms with Crippen molar-refractivity contribution < 1.29 is 19.4 Å². The van der Waals surface area contributed by atoms with Crippen LogP contribution in [0.15, 0.2) is 12.2 Å². The SMILES string of the molecule is CCCCCCCC/C=C\C(CCCCCCC(=O)O)OC(C)=O. The predicted octanol–water partition coefficient (Wildman–Crippen LogP) is 5.65. The van der Waals surface area contributed by atoms with Gasteiger partial charge in [0.25, 0.3) is 0 Å². The summed E-state index contributed by atoms with van der Waals surface area (Å²) in [6, 6.07) is 0. The second-order valence-corrected chi connectivity index (χ2v) is 6.48. The van der Waals surface area contributed by atoms with Gasteiger partial charge in [0.2, 0.25) is 0 Å². The largest absolute Gasteiger partial charge is 0.481 e. The molecule has 0 rings (SSSR count). The van der Waals surface area contributed by atoms with Crippen LogP contribution >= 0.6 is 0 Å². The Balaban J connectivity index is 3.81. The van der Waals surface area contributed by atoms with Gasteiger partial charge in [0.15, 0.2) is 0 Å².